The maximum Gasteiger partial charge on any atom is 0.105 e. The summed E-state index contributed by atoms with van der Waals surface area (Å²) in [5.74, 6) is 0. The summed E-state index contributed by atoms with van der Waals surface area (Å²) in [5, 5.41) is 8.72. The molecule has 1 heterocycles. The van der Waals surface area contributed by atoms with E-state index >= 15 is 0 Å². The average Bonchev–Trinajstić information content (AvgIpc) is 1.86. The normalized spacial score (nSPS) is 32.1. The molecule has 0 aromatic rings. The summed E-state index contributed by atoms with van der Waals surface area (Å²) < 4.78 is 10.7. The molecule has 1 aliphatic rings. The second-order valence-electron chi connectivity index (χ2n) is 3.20. The third-order valence-electron chi connectivity index (χ3n) is 1.44. The van der Waals surface area contributed by atoms with Gasteiger partial charge in [0.25, 0.3) is 0 Å². The van der Waals surface area contributed by atoms with Crippen molar-refractivity contribution in [3.8, 4) is 0 Å². The molecule has 60 valence electrons. The minimum Gasteiger partial charge on any atom is -0.394 e. The Kier molecular flexibility index (Phi) is 2.28. The Labute approximate surface area is 60.9 Å². The van der Waals surface area contributed by atoms with E-state index in [2.05, 4.69) is 0 Å². The Morgan fingerprint density at radius 1 is 1.60 bits per heavy atom. The van der Waals surface area contributed by atoms with E-state index in [1.807, 2.05) is 13.8 Å². The molecule has 0 radical (unpaired) electrons. The molecule has 0 amide bonds. The molecule has 3 heteroatoms. The van der Waals surface area contributed by atoms with Crippen LogP contribution in [0.1, 0.15) is 13.8 Å². The van der Waals surface area contributed by atoms with Crippen molar-refractivity contribution >= 4 is 0 Å². The van der Waals surface area contributed by atoms with Crippen LogP contribution in [0.15, 0.2) is 0 Å². The third kappa shape index (κ3) is 1.94. The Balaban J connectivity index is 2.40. The number of aliphatic hydroxyl groups is 1. The van der Waals surface area contributed by atoms with E-state index in [1.165, 1.54) is 0 Å². The van der Waals surface area contributed by atoms with Crippen molar-refractivity contribution in [2.24, 2.45) is 0 Å². The van der Waals surface area contributed by atoms with Gasteiger partial charge in [-0.25, -0.2) is 0 Å². The van der Waals surface area contributed by atoms with Crippen molar-refractivity contribution in [1.29, 1.82) is 0 Å². The third-order valence-corrected chi connectivity index (χ3v) is 1.44. The van der Waals surface area contributed by atoms with Crippen LogP contribution in [0.2, 0.25) is 0 Å². The Morgan fingerprint density at radius 3 is 2.70 bits per heavy atom. The van der Waals surface area contributed by atoms with Crippen LogP contribution in [-0.4, -0.2) is 36.6 Å². The van der Waals surface area contributed by atoms with Crippen LogP contribution >= 0.6 is 0 Å². The fourth-order valence-corrected chi connectivity index (χ4v) is 1.05. The van der Waals surface area contributed by atoms with Crippen molar-refractivity contribution in [3.63, 3.8) is 0 Å². The zero-order valence-corrected chi connectivity index (χ0v) is 6.46. The molecule has 0 aromatic heterocycles. The lowest BCUT2D eigenvalue weighted by Crippen LogP contribution is -2.44. The van der Waals surface area contributed by atoms with E-state index in [1.54, 1.807) is 0 Å². The van der Waals surface area contributed by atoms with E-state index in [4.69, 9.17) is 14.6 Å². The van der Waals surface area contributed by atoms with Gasteiger partial charge in [-0.15, -0.1) is 0 Å². The molecule has 0 unspecified atom stereocenters. The lowest BCUT2D eigenvalue weighted by atomic mass is 10.1. The SMILES string of the molecule is CC1(C)COC[C@H](CO)O1. The van der Waals surface area contributed by atoms with Crippen LogP contribution < -0.4 is 0 Å². The molecule has 1 rings (SSSR count). The van der Waals surface area contributed by atoms with Crippen molar-refractivity contribution in [1.82, 2.24) is 0 Å². The topological polar surface area (TPSA) is 38.7 Å². The summed E-state index contributed by atoms with van der Waals surface area (Å²) in [6, 6.07) is 0. The van der Waals surface area contributed by atoms with Gasteiger partial charge in [0.05, 0.1) is 25.4 Å². The predicted molar refractivity (Wildman–Crippen MR) is 36.9 cm³/mol. The molecule has 1 N–H and O–H groups in total. The molecule has 3 nitrogen and oxygen atoms in total. The first kappa shape index (κ1) is 7.98. The van der Waals surface area contributed by atoms with E-state index in [0.29, 0.717) is 13.2 Å². The number of hydrogen-bond acceptors (Lipinski definition) is 3. The second kappa shape index (κ2) is 2.86. The molecule has 0 bridgehead atoms. The Morgan fingerprint density at radius 2 is 2.30 bits per heavy atom. The fraction of sp³-hybridized carbons (Fsp3) is 1.00. The molecule has 1 atom stereocenters. The summed E-state index contributed by atoms with van der Waals surface area (Å²) in [6.45, 7) is 5.08. The first-order valence-electron chi connectivity index (χ1n) is 3.50. The van der Waals surface area contributed by atoms with Gasteiger partial charge in [-0.3, -0.25) is 0 Å². The van der Waals surface area contributed by atoms with Gasteiger partial charge in [-0.05, 0) is 13.8 Å². The number of ether oxygens (including phenoxy) is 2. The highest BCUT2D eigenvalue weighted by Gasteiger charge is 2.28. The van der Waals surface area contributed by atoms with Crippen molar-refractivity contribution in [3.05, 3.63) is 0 Å². The van der Waals surface area contributed by atoms with Crippen LogP contribution in [0.5, 0.6) is 0 Å². The van der Waals surface area contributed by atoms with Crippen LogP contribution in [0.3, 0.4) is 0 Å². The molecule has 10 heavy (non-hydrogen) atoms. The summed E-state index contributed by atoms with van der Waals surface area (Å²) in [5.41, 5.74) is -0.231. The highest BCUT2D eigenvalue weighted by Crippen LogP contribution is 2.17. The lowest BCUT2D eigenvalue weighted by molar-refractivity contribution is -0.191. The first-order valence-corrected chi connectivity index (χ1v) is 3.50. The average molecular weight is 146 g/mol. The molecule has 0 saturated carbocycles. The molecule has 0 spiro atoms. The van der Waals surface area contributed by atoms with Gasteiger partial charge in [0, 0.05) is 0 Å². The van der Waals surface area contributed by atoms with Gasteiger partial charge in [0.1, 0.15) is 6.10 Å². The van der Waals surface area contributed by atoms with E-state index < -0.39 is 0 Å². The number of hydrogen-bond donors (Lipinski definition) is 1. The predicted octanol–water partition coefficient (Wildman–Crippen LogP) is 0.173. The molecule has 1 fully saturated rings. The van der Waals surface area contributed by atoms with E-state index in [9.17, 15) is 0 Å². The van der Waals surface area contributed by atoms with Crippen LogP contribution in [0.4, 0.5) is 0 Å². The first-order chi connectivity index (χ1) is 4.64. The zero-order chi connectivity index (χ0) is 7.61. The minimum absolute atomic E-state index is 0.0451. The fourth-order valence-electron chi connectivity index (χ4n) is 1.05. The van der Waals surface area contributed by atoms with Crippen molar-refractivity contribution in [2.45, 2.75) is 25.6 Å². The van der Waals surface area contributed by atoms with Crippen molar-refractivity contribution < 1.29 is 14.6 Å². The maximum atomic E-state index is 8.72. The van der Waals surface area contributed by atoms with Crippen LogP contribution in [-0.2, 0) is 9.47 Å². The monoisotopic (exact) mass is 146 g/mol. The highest BCUT2D eigenvalue weighted by molar-refractivity contribution is 4.75. The Bertz CT molecular complexity index is 111. The number of rotatable bonds is 1. The minimum atomic E-state index is -0.231. The summed E-state index contributed by atoms with van der Waals surface area (Å²) in [4.78, 5) is 0. The van der Waals surface area contributed by atoms with Gasteiger partial charge in [-0.2, -0.15) is 0 Å². The van der Waals surface area contributed by atoms with Gasteiger partial charge < -0.3 is 14.6 Å². The van der Waals surface area contributed by atoms with Gasteiger partial charge in [0.2, 0.25) is 0 Å². The van der Waals surface area contributed by atoms with E-state index in [0.717, 1.165) is 0 Å². The molecule has 1 aliphatic heterocycles. The molecule has 1 saturated heterocycles. The number of aliphatic hydroxyl groups excluding tert-OH is 1. The molecule has 0 aromatic carbocycles. The quantitative estimate of drug-likeness (QED) is 0.573. The zero-order valence-electron chi connectivity index (χ0n) is 6.46. The van der Waals surface area contributed by atoms with E-state index in [-0.39, 0.29) is 18.3 Å². The Hall–Kier alpha value is -0.120. The lowest BCUT2D eigenvalue weighted by Gasteiger charge is -2.34. The largest absolute Gasteiger partial charge is 0.394 e. The van der Waals surface area contributed by atoms with Gasteiger partial charge in [-0.1, -0.05) is 0 Å². The standard InChI is InChI=1S/C7H14O3/c1-7(2)5-9-4-6(3-8)10-7/h6,8H,3-5H2,1-2H3/t6-/m0/s1. The van der Waals surface area contributed by atoms with Gasteiger partial charge >= 0.3 is 0 Å². The second-order valence-corrected chi connectivity index (χ2v) is 3.20. The summed E-state index contributed by atoms with van der Waals surface area (Å²) in [7, 11) is 0. The van der Waals surface area contributed by atoms with Crippen LogP contribution in [0, 0.1) is 0 Å². The highest BCUT2D eigenvalue weighted by atomic mass is 16.6. The molecule has 0 aliphatic carbocycles. The van der Waals surface area contributed by atoms with Crippen LogP contribution in [0.25, 0.3) is 0 Å². The summed E-state index contributed by atoms with van der Waals surface area (Å²) in [6.07, 6.45) is -0.135. The molecular formula is C7H14O3. The summed E-state index contributed by atoms with van der Waals surface area (Å²) >= 11 is 0. The maximum absolute atomic E-state index is 8.72. The smallest absolute Gasteiger partial charge is 0.105 e. The molecular weight excluding hydrogens is 132 g/mol. The van der Waals surface area contributed by atoms with Crippen molar-refractivity contribution in [2.75, 3.05) is 19.8 Å². The van der Waals surface area contributed by atoms with Gasteiger partial charge in [0.15, 0.2) is 0 Å².